The van der Waals surface area contributed by atoms with E-state index in [0.717, 1.165) is 6.42 Å². The quantitative estimate of drug-likeness (QED) is 0.675. The van der Waals surface area contributed by atoms with E-state index in [1.807, 2.05) is 6.92 Å². The summed E-state index contributed by atoms with van der Waals surface area (Å²) in [6.07, 6.45) is -2.61. The summed E-state index contributed by atoms with van der Waals surface area (Å²) in [4.78, 5) is 0. The molecule has 1 unspecified atom stereocenters. The van der Waals surface area contributed by atoms with E-state index in [0.29, 0.717) is 6.42 Å². The maximum absolute atomic E-state index is 11.7. The van der Waals surface area contributed by atoms with Gasteiger partial charge in [0.25, 0.3) is 0 Å². The Labute approximate surface area is 70.3 Å². The molecule has 0 fully saturated rings. The zero-order chi connectivity index (χ0) is 9.61. The van der Waals surface area contributed by atoms with Crippen molar-refractivity contribution in [3.8, 4) is 0 Å². The first-order valence-corrected chi connectivity index (χ1v) is 3.99. The average Bonchev–Trinajstić information content (AvgIpc) is 1.96. The van der Waals surface area contributed by atoms with Crippen molar-refractivity contribution in [1.82, 2.24) is 5.32 Å². The standard InChI is InChI=1S/C7H15F3N2/c1-2-3-6(4-11)12-5-7(8,9)10/h6,12H,2-5,11H2,1H3. The Morgan fingerprint density at radius 2 is 2.00 bits per heavy atom. The van der Waals surface area contributed by atoms with Crippen molar-refractivity contribution in [3.63, 3.8) is 0 Å². The second-order valence-corrected chi connectivity index (χ2v) is 2.72. The third-order valence-electron chi connectivity index (χ3n) is 1.51. The Bertz CT molecular complexity index is 114. The fraction of sp³-hybridized carbons (Fsp3) is 1.00. The Morgan fingerprint density at radius 1 is 1.42 bits per heavy atom. The van der Waals surface area contributed by atoms with Crippen molar-refractivity contribution in [1.29, 1.82) is 0 Å². The van der Waals surface area contributed by atoms with Crippen molar-refractivity contribution in [2.75, 3.05) is 13.1 Å². The fourth-order valence-corrected chi connectivity index (χ4v) is 0.912. The molecule has 5 heteroatoms. The normalized spacial score (nSPS) is 14.8. The highest BCUT2D eigenvalue weighted by Crippen LogP contribution is 2.12. The highest BCUT2D eigenvalue weighted by molar-refractivity contribution is 4.68. The molecule has 12 heavy (non-hydrogen) atoms. The number of hydrogen-bond acceptors (Lipinski definition) is 2. The number of nitrogens with one attached hydrogen (secondary N) is 1. The van der Waals surface area contributed by atoms with E-state index < -0.39 is 12.7 Å². The monoisotopic (exact) mass is 184 g/mol. The van der Waals surface area contributed by atoms with Crippen LogP contribution >= 0.6 is 0 Å². The molecule has 0 saturated carbocycles. The number of halogens is 3. The van der Waals surface area contributed by atoms with Gasteiger partial charge in [0.2, 0.25) is 0 Å². The molecule has 0 aliphatic carbocycles. The SMILES string of the molecule is CCCC(CN)NCC(F)(F)F. The number of nitrogens with two attached hydrogens (primary N) is 1. The summed E-state index contributed by atoms with van der Waals surface area (Å²) >= 11 is 0. The van der Waals surface area contributed by atoms with Gasteiger partial charge in [-0.1, -0.05) is 13.3 Å². The molecule has 0 radical (unpaired) electrons. The minimum Gasteiger partial charge on any atom is -0.329 e. The van der Waals surface area contributed by atoms with Crippen LogP contribution in [0.1, 0.15) is 19.8 Å². The summed E-state index contributed by atoms with van der Waals surface area (Å²) in [6.45, 7) is 1.22. The van der Waals surface area contributed by atoms with Gasteiger partial charge in [-0.15, -0.1) is 0 Å². The highest BCUT2D eigenvalue weighted by Gasteiger charge is 2.27. The van der Waals surface area contributed by atoms with E-state index in [2.05, 4.69) is 5.32 Å². The molecule has 0 bridgehead atoms. The predicted octanol–water partition coefficient (Wildman–Crippen LogP) is 1.27. The first kappa shape index (κ1) is 11.7. The molecule has 0 rings (SSSR count). The summed E-state index contributed by atoms with van der Waals surface area (Å²) in [5.74, 6) is 0. The lowest BCUT2D eigenvalue weighted by molar-refractivity contribution is -0.126. The summed E-state index contributed by atoms with van der Waals surface area (Å²) in [5, 5.41) is 2.36. The van der Waals surface area contributed by atoms with Crippen molar-refractivity contribution in [2.24, 2.45) is 5.73 Å². The van der Waals surface area contributed by atoms with Crippen LogP contribution in [0.25, 0.3) is 0 Å². The summed E-state index contributed by atoms with van der Waals surface area (Å²) in [6, 6.07) is -0.211. The zero-order valence-electron chi connectivity index (χ0n) is 7.12. The molecule has 1 atom stereocenters. The Morgan fingerprint density at radius 3 is 2.33 bits per heavy atom. The Hall–Kier alpha value is -0.290. The summed E-state index contributed by atoms with van der Waals surface area (Å²) < 4.78 is 35.1. The van der Waals surface area contributed by atoms with Gasteiger partial charge in [0.1, 0.15) is 0 Å². The first-order chi connectivity index (χ1) is 5.49. The fourth-order valence-electron chi connectivity index (χ4n) is 0.912. The summed E-state index contributed by atoms with van der Waals surface area (Å²) in [5.41, 5.74) is 5.26. The van der Waals surface area contributed by atoms with Crippen molar-refractivity contribution < 1.29 is 13.2 Å². The lowest BCUT2D eigenvalue weighted by Gasteiger charge is -2.16. The second kappa shape index (κ2) is 5.37. The van der Waals surface area contributed by atoms with Crippen LogP contribution in [0.15, 0.2) is 0 Å². The number of hydrogen-bond donors (Lipinski definition) is 2. The summed E-state index contributed by atoms with van der Waals surface area (Å²) in [7, 11) is 0. The van der Waals surface area contributed by atoms with E-state index in [4.69, 9.17) is 5.73 Å². The van der Waals surface area contributed by atoms with Gasteiger partial charge < -0.3 is 11.1 Å². The van der Waals surface area contributed by atoms with Crippen LogP contribution < -0.4 is 11.1 Å². The van der Waals surface area contributed by atoms with Crippen LogP contribution in [0.4, 0.5) is 13.2 Å². The van der Waals surface area contributed by atoms with Crippen LogP contribution in [0, 0.1) is 0 Å². The van der Waals surface area contributed by atoms with Crippen LogP contribution in [-0.4, -0.2) is 25.3 Å². The minimum atomic E-state index is -4.14. The molecule has 2 nitrogen and oxygen atoms in total. The van der Waals surface area contributed by atoms with E-state index >= 15 is 0 Å². The number of rotatable bonds is 5. The molecule has 3 N–H and O–H groups in total. The van der Waals surface area contributed by atoms with Gasteiger partial charge in [-0.3, -0.25) is 0 Å². The average molecular weight is 184 g/mol. The Kier molecular flexibility index (Phi) is 5.24. The van der Waals surface area contributed by atoms with Crippen LogP contribution in [0.5, 0.6) is 0 Å². The highest BCUT2D eigenvalue weighted by atomic mass is 19.4. The predicted molar refractivity (Wildman–Crippen MR) is 41.8 cm³/mol. The van der Waals surface area contributed by atoms with E-state index in [9.17, 15) is 13.2 Å². The molecule has 0 spiro atoms. The number of alkyl halides is 3. The van der Waals surface area contributed by atoms with Gasteiger partial charge >= 0.3 is 6.18 Å². The molecule has 0 aliphatic rings. The van der Waals surface area contributed by atoms with Gasteiger partial charge in [0, 0.05) is 12.6 Å². The van der Waals surface area contributed by atoms with Crippen LogP contribution in [0.3, 0.4) is 0 Å². The van der Waals surface area contributed by atoms with Gasteiger partial charge in [-0.25, -0.2) is 0 Å². The van der Waals surface area contributed by atoms with Gasteiger partial charge in [-0.05, 0) is 6.42 Å². The topological polar surface area (TPSA) is 38.0 Å². The van der Waals surface area contributed by atoms with E-state index in [1.54, 1.807) is 0 Å². The molecular formula is C7H15F3N2. The molecule has 74 valence electrons. The molecule has 0 aromatic heterocycles. The first-order valence-electron chi connectivity index (χ1n) is 3.99. The van der Waals surface area contributed by atoms with Crippen molar-refractivity contribution in [2.45, 2.75) is 32.0 Å². The van der Waals surface area contributed by atoms with Gasteiger partial charge in [0.15, 0.2) is 0 Å². The lowest BCUT2D eigenvalue weighted by Crippen LogP contribution is -2.41. The second-order valence-electron chi connectivity index (χ2n) is 2.72. The van der Waals surface area contributed by atoms with Gasteiger partial charge in [0.05, 0.1) is 6.54 Å². The molecule has 0 amide bonds. The van der Waals surface area contributed by atoms with Crippen LogP contribution in [-0.2, 0) is 0 Å². The molecule has 0 saturated heterocycles. The zero-order valence-corrected chi connectivity index (χ0v) is 7.12. The maximum Gasteiger partial charge on any atom is 0.401 e. The van der Waals surface area contributed by atoms with Crippen LogP contribution in [0.2, 0.25) is 0 Å². The van der Waals surface area contributed by atoms with Crippen molar-refractivity contribution in [3.05, 3.63) is 0 Å². The molecular weight excluding hydrogens is 169 g/mol. The van der Waals surface area contributed by atoms with Crippen molar-refractivity contribution >= 4 is 0 Å². The molecule has 0 aromatic rings. The Balaban J connectivity index is 3.58. The lowest BCUT2D eigenvalue weighted by atomic mass is 10.2. The van der Waals surface area contributed by atoms with E-state index in [1.165, 1.54) is 0 Å². The third kappa shape index (κ3) is 6.42. The van der Waals surface area contributed by atoms with E-state index in [-0.39, 0.29) is 12.6 Å². The molecule has 0 heterocycles. The smallest absolute Gasteiger partial charge is 0.329 e. The minimum absolute atomic E-state index is 0.211. The largest absolute Gasteiger partial charge is 0.401 e. The maximum atomic E-state index is 11.7. The van der Waals surface area contributed by atoms with Gasteiger partial charge in [-0.2, -0.15) is 13.2 Å². The molecule has 0 aliphatic heterocycles. The third-order valence-corrected chi connectivity index (χ3v) is 1.51. The molecule has 0 aromatic carbocycles.